The number of aromatic nitrogens is 5. The standard InChI is InChI=1S/C15H20N6OS/c1-9-8-23-11(17-9)7-20(5)14-18-12-10(13(22)19-14)6-16-21(12)15(2,3)4/h6,8H,7H2,1-5H3,(H,18,19,22). The summed E-state index contributed by atoms with van der Waals surface area (Å²) in [5, 5.41) is 7.82. The molecular formula is C15H20N6OS. The summed E-state index contributed by atoms with van der Waals surface area (Å²) in [5.74, 6) is 0.515. The molecule has 0 aromatic carbocycles. The van der Waals surface area contributed by atoms with Gasteiger partial charge in [-0.1, -0.05) is 0 Å². The van der Waals surface area contributed by atoms with Crippen molar-refractivity contribution >= 4 is 28.3 Å². The maximum absolute atomic E-state index is 12.3. The number of aryl methyl sites for hydroxylation is 1. The van der Waals surface area contributed by atoms with Crippen LogP contribution in [0.15, 0.2) is 16.4 Å². The highest BCUT2D eigenvalue weighted by Crippen LogP contribution is 2.20. The predicted molar refractivity (Wildman–Crippen MR) is 92.1 cm³/mol. The van der Waals surface area contributed by atoms with E-state index in [4.69, 9.17) is 0 Å². The van der Waals surface area contributed by atoms with Crippen molar-refractivity contribution in [3.05, 3.63) is 32.6 Å². The van der Waals surface area contributed by atoms with Gasteiger partial charge in [-0.3, -0.25) is 9.78 Å². The second-order valence-corrected chi connectivity index (χ2v) is 7.54. The summed E-state index contributed by atoms with van der Waals surface area (Å²) in [4.78, 5) is 26.1. The van der Waals surface area contributed by atoms with Crippen molar-refractivity contribution in [3.63, 3.8) is 0 Å². The first-order chi connectivity index (χ1) is 10.8. The van der Waals surface area contributed by atoms with Crippen LogP contribution in [0.2, 0.25) is 0 Å². The average Bonchev–Trinajstić information content (AvgIpc) is 3.04. The number of H-pyrrole nitrogens is 1. The van der Waals surface area contributed by atoms with Gasteiger partial charge in [-0.15, -0.1) is 11.3 Å². The number of aromatic amines is 1. The predicted octanol–water partition coefficient (Wildman–Crippen LogP) is 2.28. The molecule has 0 amide bonds. The van der Waals surface area contributed by atoms with Crippen LogP contribution < -0.4 is 10.5 Å². The largest absolute Gasteiger partial charge is 0.339 e. The van der Waals surface area contributed by atoms with Crippen molar-refractivity contribution in [3.8, 4) is 0 Å². The Morgan fingerprint density at radius 2 is 2.09 bits per heavy atom. The van der Waals surface area contributed by atoms with Crippen molar-refractivity contribution in [2.24, 2.45) is 0 Å². The molecule has 3 heterocycles. The molecule has 0 spiro atoms. The summed E-state index contributed by atoms with van der Waals surface area (Å²) in [6, 6.07) is 0. The number of rotatable bonds is 3. The van der Waals surface area contributed by atoms with Gasteiger partial charge in [0.25, 0.3) is 5.56 Å². The summed E-state index contributed by atoms with van der Waals surface area (Å²) in [7, 11) is 1.89. The first-order valence-corrected chi connectivity index (χ1v) is 8.24. The lowest BCUT2D eigenvalue weighted by molar-refractivity contribution is 0.366. The van der Waals surface area contributed by atoms with E-state index in [0.717, 1.165) is 10.7 Å². The Morgan fingerprint density at radius 1 is 1.35 bits per heavy atom. The van der Waals surface area contributed by atoms with E-state index in [-0.39, 0.29) is 11.1 Å². The molecule has 0 saturated carbocycles. The quantitative estimate of drug-likeness (QED) is 0.796. The van der Waals surface area contributed by atoms with Crippen molar-refractivity contribution in [1.82, 2.24) is 24.7 Å². The molecule has 23 heavy (non-hydrogen) atoms. The Kier molecular flexibility index (Phi) is 3.71. The number of hydrogen-bond donors (Lipinski definition) is 1. The molecule has 3 aromatic heterocycles. The fourth-order valence-electron chi connectivity index (χ4n) is 2.33. The van der Waals surface area contributed by atoms with Crippen LogP contribution in [-0.2, 0) is 12.1 Å². The van der Waals surface area contributed by atoms with E-state index in [0.29, 0.717) is 23.5 Å². The fourth-order valence-corrected chi connectivity index (χ4v) is 3.16. The molecule has 0 aliphatic carbocycles. The van der Waals surface area contributed by atoms with Crippen LogP contribution in [0.4, 0.5) is 5.95 Å². The molecule has 0 aliphatic rings. The highest BCUT2D eigenvalue weighted by atomic mass is 32.1. The van der Waals surface area contributed by atoms with Gasteiger partial charge in [0.05, 0.1) is 18.3 Å². The Labute approximate surface area is 138 Å². The molecule has 0 fully saturated rings. The average molecular weight is 332 g/mol. The third-order valence-corrected chi connectivity index (χ3v) is 4.41. The topological polar surface area (TPSA) is 79.7 Å². The van der Waals surface area contributed by atoms with Crippen molar-refractivity contribution < 1.29 is 0 Å². The van der Waals surface area contributed by atoms with Crippen molar-refractivity contribution in [2.75, 3.05) is 11.9 Å². The summed E-state index contributed by atoms with van der Waals surface area (Å²) in [6.45, 7) is 8.66. The van der Waals surface area contributed by atoms with Gasteiger partial charge in [-0.25, -0.2) is 9.67 Å². The summed E-state index contributed by atoms with van der Waals surface area (Å²) in [6.07, 6.45) is 1.57. The molecule has 1 N–H and O–H groups in total. The fraction of sp³-hybridized carbons (Fsp3) is 0.467. The van der Waals surface area contributed by atoms with Crippen LogP contribution in [0.5, 0.6) is 0 Å². The van der Waals surface area contributed by atoms with Gasteiger partial charge in [-0.05, 0) is 27.7 Å². The van der Waals surface area contributed by atoms with E-state index < -0.39 is 0 Å². The molecule has 3 aromatic rings. The summed E-state index contributed by atoms with van der Waals surface area (Å²) in [5.41, 5.74) is 1.17. The van der Waals surface area contributed by atoms with Crippen LogP contribution in [0.3, 0.4) is 0 Å². The van der Waals surface area contributed by atoms with Crippen molar-refractivity contribution in [1.29, 1.82) is 0 Å². The Balaban J connectivity index is 2.02. The van der Waals surface area contributed by atoms with Gasteiger partial charge in [0, 0.05) is 18.1 Å². The van der Waals surface area contributed by atoms with E-state index in [1.54, 1.807) is 22.2 Å². The number of hydrogen-bond acceptors (Lipinski definition) is 6. The van der Waals surface area contributed by atoms with Gasteiger partial charge < -0.3 is 4.90 Å². The van der Waals surface area contributed by atoms with E-state index >= 15 is 0 Å². The lowest BCUT2D eigenvalue weighted by Crippen LogP contribution is -2.26. The first kappa shape index (κ1) is 15.7. The summed E-state index contributed by atoms with van der Waals surface area (Å²) >= 11 is 1.60. The van der Waals surface area contributed by atoms with E-state index in [1.807, 2.05) is 45.0 Å². The molecular weight excluding hydrogens is 312 g/mol. The zero-order valence-corrected chi connectivity index (χ0v) is 14.7. The normalized spacial score (nSPS) is 12.0. The lowest BCUT2D eigenvalue weighted by atomic mass is 10.1. The minimum absolute atomic E-state index is 0.178. The van der Waals surface area contributed by atoms with Crippen molar-refractivity contribution in [2.45, 2.75) is 39.8 Å². The highest BCUT2D eigenvalue weighted by Gasteiger charge is 2.20. The molecule has 0 bridgehead atoms. The van der Waals surface area contributed by atoms with Crippen LogP contribution in [0.25, 0.3) is 11.0 Å². The van der Waals surface area contributed by atoms with Crippen LogP contribution in [0, 0.1) is 6.92 Å². The minimum atomic E-state index is -0.245. The molecule has 7 nitrogen and oxygen atoms in total. The zero-order valence-electron chi connectivity index (χ0n) is 13.9. The molecule has 8 heteroatoms. The highest BCUT2D eigenvalue weighted by molar-refractivity contribution is 7.09. The number of thiazole rings is 1. The maximum Gasteiger partial charge on any atom is 0.263 e. The number of fused-ring (bicyclic) bond motifs is 1. The number of nitrogens with zero attached hydrogens (tertiary/aromatic N) is 5. The first-order valence-electron chi connectivity index (χ1n) is 7.36. The molecule has 0 saturated heterocycles. The van der Waals surface area contributed by atoms with Gasteiger partial charge in [0.15, 0.2) is 5.65 Å². The minimum Gasteiger partial charge on any atom is -0.339 e. The summed E-state index contributed by atoms with van der Waals surface area (Å²) < 4.78 is 1.78. The van der Waals surface area contributed by atoms with Gasteiger partial charge in [-0.2, -0.15) is 10.1 Å². The zero-order chi connectivity index (χ0) is 16.8. The Bertz CT molecular complexity index is 901. The van der Waals surface area contributed by atoms with E-state index in [9.17, 15) is 4.79 Å². The third-order valence-electron chi connectivity index (χ3n) is 3.46. The smallest absolute Gasteiger partial charge is 0.263 e. The molecule has 0 radical (unpaired) electrons. The van der Waals surface area contributed by atoms with E-state index in [1.165, 1.54) is 0 Å². The molecule has 0 atom stereocenters. The Hall–Kier alpha value is -2.22. The second kappa shape index (κ2) is 5.45. The Morgan fingerprint density at radius 3 is 2.70 bits per heavy atom. The van der Waals surface area contributed by atoms with Crippen LogP contribution >= 0.6 is 11.3 Å². The molecule has 0 unspecified atom stereocenters. The van der Waals surface area contributed by atoms with Gasteiger partial charge >= 0.3 is 0 Å². The van der Waals surface area contributed by atoms with Gasteiger partial charge in [0.2, 0.25) is 5.95 Å². The van der Waals surface area contributed by atoms with Crippen LogP contribution in [0.1, 0.15) is 31.5 Å². The monoisotopic (exact) mass is 332 g/mol. The molecule has 122 valence electrons. The van der Waals surface area contributed by atoms with Gasteiger partial charge in [0.1, 0.15) is 10.4 Å². The second-order valence-electron chi connectivity index (χ2n) is 6.59. The third kappa shape index (κ3) is 2.98. The number of nitrogens with one attached hydrogen (secondary N) is 1. The van der Waals surface area contributed by atoms with Crippen LogP contribution in [-0.4, -0.2) is 31.8 Å². The van der Waals surface area contributed by atoms with E-state index in [2.05, 4.69) is 20.1 Å². The lowest BCUT2D eigenvalue weighted by Gasteiger charge is -2.21. The number of anilines is 1. The molecule has 0 aliphatic heterocycles. The maximum atomic E-state index is 12.3. The molecule has 3 rings (SSSR count). The SMILES string of the molecule is Cc1csc(CN(C)c2nc3c(cnn3C(C)(C)C)c(=O)[nH]2)n1.